The molecule has 1 saturated carbocycles. The van der Waals surface area contributed by atoms with Gasteiger partial charge in [-0.25, -0.2) is 0 Å². The molecule has 13 heavy (non-hydrogen) atoms. The molecular formula is C9H16O4. The Morgan fingerprint density at radius 3 is 2.46 bits per heavy atom. The Morgan fingerprint density at radius 2 is 2.00 bits per heavy atom. The van der Waals surface area contributed by atoms with Gasteiger partial charge in [-0.2, -0.15) is 0 Å². The number of aliphatic hydroxyl groups is 2. The fourth-order valence-electron chi connectivity index (χ4n) is 2.50. The smallest absolute Gasteiger partial charge is 0.179 e. The standard InChI is InChI=1S/C9H16O4/c1-6-12-9(13-6)3-2-7(4-10)8(9)5-11/h6-8,10-11H,2-5H2,1H3. The summed E-state index contributed by atoms with van der Waals surface area (Å²) >= 11 is 0. The summed E-state index contributed by atoms with van der Waals surface area (Å²) in [6.07, 6.45) is 1.49. The fourth-order valence-corrected chi connectivity index (χ4v) is 2.50. The monoisotopic (exact) mass is 188 g/mol. The predicted octanol–water partition coefficient (Wildman–Crippen LogP) is 0.0863. The first-order valence-corrected chi connectivity index (χ1v) is 4.79. The highest BCUT2D eigenvalue weighted by Gasteiger charge is 2.57. The van der Waals surface area contributed by atoms with Crippen LogP contribution >= 0.6 is 0 Å². The van der Waals surface area contributed by atoms with Crippen LogP contribution < -0.4 is 0 Å². The molecule has 1 saturated heterocycles. The van der Waals surface area contributed by atoms with Gasteiger partial charge in [0.1, 0.15) is 0 Å². The molecule has 1 spiro atoms. The quantitative estimate of drug-likeness (QED) is 0.644. The molecule has 4 heteroatoms. The highest BCUT2D eigenvalue weighted by molar-refractivity contribution is 4.95. The van der Waals surface area contributed by atoms with Crippen LogP contribution in [-0.2, 0) is 9.47 Å². The van der Waals surface area contributed by atoms with Gasteiger partial charge < -0.3 is 19.7 Å². The minimum absolute atomic E-state index is 0.0257. The Kier molecular flexibility index (Phi) is 2.32. The molecule has 2 N–H and O–H groups in total. The van der Waals surface area contributed by atoms with Crippen LogP contribution in [0.2, 0.25) is 0 Å². The molecular weight excluding hydrogens is 172 g/mol. The Bertz CT molecular complexity index is 188. The molecule has 0 aromatic carbocycles. The van der Waals surface area contributed by atoms with E-state index in [2.05, 4.69) is 0 Å². The average Bonchev–Trinajstić information content (AvgIpc) is 2.42. The summed E-state index contributed by atoms with van der Waals surface area (Å²) < 4.78 is 11.1. The first kappa shape index (κ1) is 9.40. The first-order valence-electron chi connectivity index (χ1n) is 4.79. The van der Waals surface area contributed by atoms with E-state index in [0.717, 1.165) is 12.8 Å². The average molecular weight is 188 g/mol. The van der Waals surface area contributed by atoms with Gasteiger partial charge in [0.15, 0.2) is 12.1 Å². The summed E-state index contributed by atoms with van der Waals surface area (Å²) in [6, 6.07) is 0. The van der Waals surface area contributed by atoms with E-state index in [1.54, 1.807) is 0 Å². The van der Waals surface area contributed by atoms with Crippen LogP contribution in [0.3, 0.4) is 0 Å². The van der Waals surface area contributed by atoms with E-state index in [0.29, 0.717) is 0 Å². The van der Waals surface area contributed by atoms with E-state index in [1.807, 2.05) is 6.92 Å². The third kappa shape index (κ3) is 1.29. The van der Waals surface area contributed by atoms with E-state index in [4.69, 9.17) is 14.6 Å². The zero-order valence-corrected chi connectivity index (χ0v) is 7.77. The lowest BCUT2D eigenvalue weighted by Gasteiger charge is -2.47. The van der Waals surface area contributed by atoms with Gasteiger partial charge in [0.2, 0.25) is 0 Å². The highest BCUT2D eigenvalue weighted by Crippen LogP contribution is 2.49. The van der Waals surface area contributed by atoms with Crippen LogP contribution in [0.5, 0.6) is 0 Å². The summed E-state index contributed by atoms with van der Waals surface area (Å²) in [5.74, 6) is -0.520. The topological polar surface area (TPSA) is 58.9 Å². The fraction of sp³-hybridized carbons (Fsp3) is 1.00. The molecule has 1 heterocycles. The van der Waals surface area contributed by atoms with Crippen molar-refractivity contribution >= 4 is 0 Å². The lowest BCUT2D eigenvalue weighted by atomic mass is 9.93. The minimum Gasteiger partial charge on any atom is -0.396 e. The summed E-state index contributed by atoms with van der Waals surface area (Å²) in [5.41, 5.74) is 0. The van der Waals surface area contributed by atoms with Crippen molar-refractivity contribution in [3.63, 3.8) is 0 Å². The van der Waals surface area contributed by atoms with Gasteiger partial charge in [0.05, 0.1) is 6.61 Å². The summed E-state index contributed by atoms with van der Waals surface area (Å²) in [7, 11) is 0. The van der Waals surface area contributed by atoms with Gasteiger partial charge >= 0.3 is 0 Å². The Labute approximate surface area is 77.5 Å². The molecule has 0 radical (unpaired) electrons. The van der Waals surface area contributed by atoms with E-state index in [-0.39, 0.29) is 31.3 Å². The maximum atomic E-state index is 9.18. The normalized spacial score (nSPS) is 49.6. The molecule has 0 aromatic rings. The first-order chi connectivity index (χ1) is 6.22. The van der Waals surface area contributed by atoms with Gasteiger partial charge in [-0.3, -0.25) is 0 Å². The number of aliphatic hydroxyl groups excluding tert-OH is 2. The maximum Gasteiger partial charge on any atom is 0.179 e. The Hall–Kier alpha value is -0.160. The van der Waals surface area contributed by atoms with Crippen LogP contribution in [-0.4, -0.2) is 35.5 Å². The molecule has 2 fully saturated rings. The van der Waals surface area contributed by atoms with Crippen molar-refractivity contribution in [3.8, 4) is 0 Å². The van der Waals surface area contributed by atoms with Crippen molar-refractivity contribution in [1.29, 1.82) is 0 Å². The van der Waals surface area contributed by atoms with Crippen molar-refractivity contribution in [2.24, 2.45) is 11.8 Å². The van der Waals surface area contributed by atoms with E-state index >= 15 is 0 Å². The van der Waals surface area contributed by atoms with Crippen LogP contribution in [0.15, 0.2) is 0 Å². The van der Waals surface area contributed by atoms with Crippen molar-refractivity contribution in [1.82, 2.24) is 0 Å². The number of hydrogen-bond donors (Lipinski definition) is 2. The summed E-state index contributed by atoms with van der Waals surface area (Å²) in [6.45, 7) is 1.97. The van der Waals surface area contributed by atoms with E-state index < -0.39 is 5.79 Å². The van der Waals surface area contributed by atoms with Crippen LogP contribution in [0, 0.1) is 11.8 Å². The van der Waals surface area contributed by atoms with E-state index in [1.165, 1.54) is 0 Å². The lowest BCUT2D eigenvalue weighted by Crippen LogP contribution is -2.56. The van der Waals surface area contributed by atoms with Crippen LogP contribution in [0.1, 0.15) is 19.8 Å². The second-order valence-electron chi connectivity index (χ2n) is 3.89. The van der Waals surface area contributed by atoms with Gasteiger partial charge in [-0.05, 0) is 19.3 Å². The van der Waals surface area contributed by atoms with Crippen molar-refractivity contribution in [3.05, 3.63) is 0 Å². The van der Waals surface area contributed by atoms with Crippen LogP contribution in [0.4, 0.5) is 0 Å². The van der Waals surface area contributed by atoms with Gasteiger partial charge in [0, 0.05) is 18.9 Å². The Morgan fingerprint density at radius 1 is 1.31 bits per heavy atom. The molecule has 2 aliphatic rings. The largest absolute Gasteiger partial charge is 0.396 e. The van der Waals surface area contributed by atoms with Crippen LogP contribution in [0.25, 0.3) is 0 Å². The lowest BCUT2D eigenvalue weighted by molar-refractivity contribution is -0.460. The molecule has 2 atom stereocenters. The molecule has 1 aliphatic heterocycles. The van der Waals surface area contributed by atoms with E-state index in [9.17, 15) is 5.11 Å². The Balaban J connectivity index is 2.05. The van der Waals surface area contributed by atoms with Crippen molar-refractivity contribution in [2.45, 2.75) is 31.8 Å². The third-order valence-electron chi connectivity index (χ3n) is 3.16. The molecule has 1 aliphatic carbocycles. The van der Waals surface area contributed by atoms with Gasteiger partial charge in [0.25, 0.3) is 0 Å². The molecule has 0 aromatic heterocycles. The summed E-state index contributed by atoms with van der Waals surface area (Å²) in [5, 5.41) is 18.2. The molecule has 4 nitrogen and oxygen atoms in total. The highest BCUT2D eigenvalue weighted by atomic mass is 16.9. The molecule has 76 valence electrons. The molecule has 2 rings (SSSR count). The second kappa shape index (κ2) is 3.20. The van der Waals surface area contributed by atoms with Crippen molar-refractivity contribution < 1.29 is 19.7 Å². The molecule has 0 amide bonds. The number of rotatable bonds is 2. The third-order valence-corrected chi connectivity index (χ3v) is 3.16. The summed E-state index contributed by atoms with van der Waals surface area (Å²) in [4.78, 5) is 0. The zero-order valence-electron chi connectivity index (χ0n) is 7.77. The van der Waals surface area contributed by atoms with Gasteiger partial charge in [-0.1, -0.05) is 0 Å². The zero-order chi connectivity index (χ0) is 9.47. The maximum absolute atomic E-state index is 9.18. The second-order valence-corrected chi connectivity index (χ2v) is 3.89. The van der Waals surface area contributed by atoms with Gasteiger partial charge in [-0.15, -0.1) is 0 Å². The SMILES string of the molecule is CC1OC2(CCC(CO)C2CO)O1. The number of hydrogen-bond acceptors (Lipinski definition) is 4. The number of ether oxygens (including phenoxy) is 2. The molecule has 2 unspecified atom stereocenters. The predicted molar refractivity (Wildman–Crippen MR) is 44.7 cm³/mol. The minimum atomic E-state index is -0.582. The van der Waals surface area contributed by atoms with Crippen molar-refractivity contribution in [2.75, 3.05) is 13.2 Å². The molecule has 0 bridgehead atoms.